The molecule has 1 aliphatic carbocycles. The number of carbonyl (C=O) groups is 2. The number of ketones is 1. The first-order chi connectivity index (χ1) is 18.0. The molecular weight excluding hydrogens is 471 g/mol. The van der Waals surface area contributed by atoms with E-state index in [2.05, 4.69) is 24.3 Å². The fourth-order valence-electron chi connectivity index (χ4n) is 6.13. The Morgan fingerprint density at radius 3 is 2.22 bits per heavy atom. The van der Waals surface area contributed by atoms with Gasteiger partial charge in [0.2, 0.25) is 0 Å². The van der Waals surface area contributed by atoms with Gasteiger partial charge < -0.3 is 9.47 Å². The Balaban J connectivity index is 1.17. The second-order valence-electron chi connectivity index (χ2n) is 9.93. The molecule has 2 atom stereocenters. The van der Waals surface area contributed by atoms with Crippen LogP contribution in [-0.4, -0.2) is 48.7 Å². The predicted molar refractivity (Wildman–Crippen MR) is 133 cm³/mol. The molecule has 2 bridgehead atoms. The number of benzene rings is 3. The minimum Gasteiger partial charge on any atom is -0.448 e. The van der Waals surface area contributed by atoms with Crippen molar-refractivity contribution in [2.24, 2.45) is 5.92 Å². The predicted octanol–water partition coefficient (Wildman–Crippen LogP) is 5.31. The van der Waals surface area contributed by atoms with Crippen molar-refractivity contribution in [3.05, 3.63) is 94.8 Å². The highest BCUT2D eigenvalue weighted by Gasteiger charge is 2.45. The zero-order chi connectivity index (χ0) is 25.5. The van der Waals surface area contributed by atoms with Gasteiger partial charge in [-0.05, 0) is 53.3 Å². The normalized spacial score (nSPS) is 22.1. The average molecular weight is 497 g/mol. The van der Waals surface area contributed by atoms with Crippen LogP contribution in [0.2, 0.25) is 0 Å². The third-order valence-electron chi connectivity index (χ3n) is 7.75. The third-order valence-corrected chi connectivity index (χ3v) is 7.75. The summed E-state index contributed by atoms with van der Waals surface area (Å²) >= 11 is 0. The summed E-state index contributed by atoms with van der Waals surface area (Å²) in [5, 5.41) is 9.14. The van der Waals surface area contributed by atoms with Gasteiger partial charge in [-0.1, -0.05) is 48.5 Å². The van der Waals surface area contributed by atoms with Crippen molar-refractivity contribution >= 4 is 11.9 Å². The van der Waals surface area contributed by atoms with Gasteiger partial charge in [-0.25, -0.2) is 9.18 Å². The van der Waals surface area contributed by atoms with E-state index in [-0.39, 0.29) is 47.4 Å². The van der Waals surface area contributed by atoms with Gasteiger partial charge in [-0.15, -0.1) is 0 Å². The first-order valence-electron chi connectivity index (χ1n) is 12.5. The number of nitriles is 1. The van der Waals surface area contributed by atoms with Gasteiger partial charge in [0.05, 0.1) is 36.9 Å². The van der Waals surface area contributed by atoms with Gasteiger partial charge in [-0.3, -0.25) is 9.69 Å². The van der Waals surface area contributed by atoms with E-state index in [1.807, 2.05) is 30.3 Å². The lowest BCUT2D eigenvalue weighted by Crippen LogP contribution is -2.60. The summed E-state index contributed by atoms with van der Waals surface area (Å²) in [5.41, 5.74) is 4.94. The molecule has 0 spiro atoms. The summed E-state index contributed by atoms with van der Waals surface area (Å²) in [4.78, 5) is 28.3. The standard InChI is InChI=1S/C30H25FN2O4/c31-21-10-18(14-32)9-19(11-21)29(34)20-12-22-15-36-16-23(13-20)33(22)30(35)37-17-28-26-7-3-1-5-24(26)25-6-2-4-8-27(25)28/h1-11,20,22-23,28H,12-13,15-17H2. The average Bonchev–Trinajstić information content (AvgIpc) is 3.23. The van der Waals surface area contributed by atoms with E-state index < -0.39 is 11.9 Å². The van der Waals surface area contributed by atoms with E-state index in [1.165, 1.54) is 23.3 Å². The van der Waals surface area contributed by atoms with Crippen molar-refractivity contribution in [3.8, 4) is 17.2 Å². The Morgan fingerprint density at radius 2 is 1.59 bits per heavy atom. The third kappa shape index (κ3) is 4.17. The van der Waals surface area contributed by atoms with Gasteiger partial charge >= 0.3 is 6.09 Å². The van der Waals surface area contributed by atoms with Gasteiger partial charge in [-0.2, -0.15) is 5.26 Å². The van der Waals surface area contributed by atoms with Crippen molar-refractivity contribution < 1.29 is 23.5 Å². The van der Waals surface area contributed by atoms with E-state index in [0.29, 0.717) is 26.1 Å². The van der Waals surface area contributed by atoms with Crippen LogP contribution in [0.25, 0.3) is 11.1 Å². The molecule has 1 amide bonds. The molecule has 0 N–H and O–H groups in total. The minimum absolute atomic E-state index is 0.0335. The Hall–Kier alpha value is -4.02. The van der Waals surface area contributed by atoms with Gasteiger partial charge in [0.1, 0.15) is 12.4 Å². The molecule has 3 aromatic rings. The molecule has 7 heteroatoms. The smallest absolute Gasteiger partial charge is 0.410 e. The Bertz CT molecular complexity index is 1370. The van der Waals surface area contributed by atoms with Crippen LogP contribution in [0.4, 0.5) is 9.18 Å². The summed E-state index contributed by atoms with van der Waals surface area (Å²) < 4.78 is 25.6. The fourth-order valence-corrected chi connectivity index (χ4v) is 6.13. The maximum atomic E-state index is 13.9. The van der Waals surface area contributed by atoms with Crippen molar-refractivity contribution in [2.45, 2.75) is 30.8 Å². The van der Waals surface area contributed by atoms with Crippen LogP contribution < -0.4 is 0 Å². The molecule has 0 saturated carbocycles. The van der Waals surface area contributed by atoms with Crippen molar-refractivity contribution in [1.82, 2.24) is 4.90 Å². The Labute approximate surface area is 214 Å². The van der Waals surface area contributed by atoms with Crippen LogP contribution in [0.3, 0.4) is 0 Å². The minimum atomic E-state index is -0.609. The van der Waals surface area contributed by atoms with Crippen molar-refractivity contribution in [1.29, 1.82) is 5.26 Å². The first-order valence-corrected chi connectivity index (χ1v) is 12.5. The maximum absolute atomic E-state index is 13.9. The molecule has 3 aromatic carbocycles. The SMILES string of the molecule is N#Cc1cc(F)cc(C(=O)C2CC3COCC(C2)N3C(=O)OCC2c3ccccc3-c3ccccc32)c1. The van der Waals surface area contributed by atoms with Gasteiger partial charge in [0.15, 0.2) is 5.78 Å². The second-order valence-corrected chi connectivity index (χ2v) is 9.93. The molecule has 2 aliphatic heterocycles. The molecule has 37 heavy (non-hydrogen) atoms. The number of fused-ring (bicyclic) bond motifs is 5. The van der Waals surface area contributed by atoms with Crippen LogP contribution in [0, 0.1) is 23.1 Å². The van der Waals surface area contributed by atoms with Gasteiger partial charge in [0.25, 0.3) is 0 Å². The summed E-state index contributed by atoms with van der Waals surface area (Å²) in [7, 11) is 0. The number of hydrogen-bond acceptors (Lipinski definition) is 5. The summed E-state index contributed by atoms with van der Waals surface area (Å²) in [6.45, 7) is 0.861. The number of halogens is 1. The molecule has 2 heterocycles. The number of morpholine rings is 1. The number of nitrogens with zero attached hydrogens (tertiary/aromatic N) is 2. The molecular formula is C30H25FN2O4. The highest BCUT2D eigenvalue weighted by atomic mass is 19.1. The molecule has 2 saturated heterocycles. The number of rotatable bonds is 4. The van der Waals surface area contributed by atoms with Crippen molar-refractivity contribution in [3.63, 3.8) is 0 Å². The summed E-state index contributed by atoms with van der Waals surface area (Å²) in [5.74, 6) is -1.24. The van der Waals surface area contributed by atoms with E-state index in [1.54, 1.807) is 4.90 Å². The van der Waals surface area contributed by atoms with Crippen molar-refractivity contribution in [2.75, 3.05) is 19.8 Å². The molecule has 2 unspecified atom stereocenters. The number of carbonyl (C=O) groups excluding carboxylic acids is 2. The molecule has 3 aliphatic rings. The number of hydrogen-bond donors (Lipinski definition) is 0. The Kier molecular flexibility index (Phi) is 5.97. The van der Waals surface area contributed by atoms with E-state index in [0.717, 1.165) is 17.2 Å². The number of Topliss-reactive ketones (excluding diaryl/α,β-unsaturated/α-hetero) is 1. The maximum Gasteiger partial charge on any atom is 0.410 e. The molecule has 6 nitrogen and oxygen atoms in total. The van der Waals surface area contributed by atoms with E-state index in [9.17, 15) is 14.0 Å². The molecule has 0 radical (unpaired) electrons. The topological polar surface area (TPSA) is 79.6 Å². The van der Waals surface area contributed by atoms with E-state index in [4.69, 9.17) is 14.7 Å². The van der Waals surface area contributed by atoms with Crippen LogP contribution in [-0.2, 0) is 9.47 Å². The molecule has 186 valence electrons. The highest BCUT2D eigenvalue weighted by Crippen LogP contribution is 2.44. The highest BCUT2D eigenvalue weighted by molar-refractivity contribution is 5.98. The van der Waals surface area contributed by atoms with Crippen LogP contribution >= 0.6 is 0 Å². The summed E-state index contributed by atoms with van der Waals surface area (Å²) in [6.07, 6.45) is 0.402. The van der Waals surface area contributed by atoms with Crippen LogP contribution in [0.5, 0.6) is 0 Å². The largest absolute Gasteiger partial charge is 0.448 e. The molecule has 0 aromatic heterocycles. The zero-order valence-electron chi connectivity index (χ0n) is 20.1. The lowest BCUT2D eigenvalue weighted by Gasteiger charge is -2.47. The summed E-state index contributed by atoms with van der Waals surface area (Å²) in [6, 6.07) is 21.4. The fraction of sp³-hybridized carbons (Fsp3) is 0.300. The number of piperidine rings is 1. The molecule has 2 fully saturated rings. The zero-order valence-corrected chi connectivity index (χ0v) is 20.1. The van der Waals surface area contributed by atoms with Crippen LogP contribution in [0.1, 0.15) is 45.8 Å². The van der Waals surface area contributed by atoms with E-state index >= 15 is 0 Å². The Morgan fingerprint density at radius 1 is 0.973 bits per heavy atom. The lowest BCUT2D eigenvalue weighted by atomic mass is 9.80. The molecule has 6 rings (SSSR count). The number of amides is 1. The lowest BCUT2D eigenvalue weighted by molar-refractivity contribution is -0.0747. The van der Waals surface area contributed by atoms with Gasteiger partial charge in [0, 0.05) is 17.4 Å². The first kappa shape index (κ1) is 23.4. The quantitative estimate of drug-likeness (QED) is 0.458. The monoisotopic (exact) mass is 496 g/mol. The second kappa shape index (κ2) is 9.45. The van der Waals surface area contributed by atoms with Crippen LogP contribution in [0.15, 0.2) is 66.7 Å². The number of ether oxygens (including phenoxy) is 2.